The lowest BCUT2D eigenvalue weighted by Gasteiger charge is -2.22. The minimum atomic E-state index is 0.218. The molecule has 1 saturated heterocycles. The maximum Gasteiger partial charge on any atom is 0.0869 e. The Morgan fingerprint density at radius 2 is 2.21 bits per heavy atom. The van der Waals surface area contributed by atoms with Gasteiger partial charge in [-0.15, -0.1) is 0 Å². The van der Waals surface area contributed by atoms with Crippen molar-refractivity contribution in [3.05, 3.63) is 35.4 Å². The molecule has 1 aliphatic heterocycles. The molecular weight excluding hydrogens is 238 g/mol. The van der Waals surface area contributed by atoms with Gasteiger partial charge in [-0.25, -0.2) is 0 Å². The molecule has 0 amide bonds. The zero-order chi connectivity index (χ0) is 13.5. The topological polar surface area (TPSA) is 30.5 Å². The van der Waals surface area contributed by atoms with Gasteiger partial charge in [0.1, 0.15) is 0 Å². The number of rotatable bonds is 7. The number of hydrogen-bond donors (Lipinski definition) is 1. The highest BCUT2D eigenvalue weighted by Gasteiger charge is 2.30. The van der Waals surface area contributed by atoms with Gasteiger partial charge >= 0.3 is 0 Å². The fourth-order valence-corrected chi connectivity index (χ4v) is 2.75. The van der Waals surface area contributed by atoms with E-state index in [4.69, 9.17) is 9.47 Å². The summed E-state index contributed by atoms with van der Waals surface area (Å²) in [5, 5.41) is 3.52. The van der Waals surface area contributed by atoms with Crippen molar-refractivity contribution in [3.63, 3.8) is 0 Å². The summed E-state index contributed by atoms with van der Waals surface area (Å²) in [6.07, 6.45) is 2.54. The molecule has 106 valence electrons. The predicted octanol–water partition coefficient (Wildman–Crippen LogP) is 2.91. The van der Waals surface area contributed by atoms with Gasteiger partial charge in [0.2, 0.25) is 0 Å². The molecule has 0 saturated carbocycles. The molecule has 3 heteroatoms. The molecule has 0 bridgehead atoms. The van der Waals surface area contributed by atoms with Crippen molar-refractivity contribution in [1.29, 1.82) is 0 Å². The number of hydrogen-bond acceptors (Lipinski definition) is 3. The van der Waals surface area contributed by atoms with Gasteiger partial charge < -0.3 is 14.8 Å². The van der Waals surface area contributed by atoms with Gasteiger partial charge in [0.25, 0.3) is 0 Å². The Hall–Kier alpha value is -0.900. The van der Waals surface area contributed by atoms with Gasteiger partial charge in [0.15, 0.2) is 0 Å². The molecule has 1 N–H and O–H groups in total. The maximum atomic E-state index is 5.97. The Morgan fingerprint density at radius 3 is 3.00 bits per heavy atom. The van der Waals surface area contributed by atoms with Crippen LogP contribution in [-0.2, 0) is 16.1 Å². The first-order valence-electron chi connectivity index (χ1n) is 7.25. The van der Waals surface area contributed by atoms with Crippen molar-refractivity contribution in [1.82, 2.24) is 5.32 Å². The molecule has 1 aliphatic rings. The van der Waals surface area contributed by atoms with Crippen molar-refractivity contribution >= 4 is 0 Å². The molecule has 0 spiro atoms. The van der Waals surface area contributed by atoms with Crippen LogP contribution in [0.1, 0.15) is 37.0 Å². The van der Waals surface area contributed by atoms with E-state index in [2.05, 4.69) is 36.5 Å². The van der Waals surface area contributed by atoms with Crippen LogP contribution in [0.5, 0.6) is 0 Å². The molecule has 1 aromatic carbocycles. The lowest BCUT2D eigenvalue weighted by Crippen LogP contribution is -2.25. The highest BCUT2D eigenvalue weighted by Crippen LogP contribution is 2.35. The van der Waals surface area contributed by atoms with Gasteiger partial charge in [-0.3, -0.25) is 0 Å². The fourth-order valence-electron chi connectivity index (χ4n) is 2.75. The average Bonchev–Trinajstić information content (AvgIpc) is 2.88. The van der Waals surface area contributed by atoms with Gasteiger partial charge in [-0.05, 0) is 30.5 Å². The van der Waals surface area contributed by atoms with E-state index >= 15 is 0 Å². The van der Waals surface area contributed by atoms with Crippen LogP contribution in [-0.4, -0.2) is 26.8 Å². The van der Waals surface area contributed by atoms with Gasteiger partial charge in [-0.1, -0.05) is 31.2 Å². The molecular formula is C16H25NO2. The summed E-state index contributed by atoms with van der Waals surface area (Å²) in [6.45, 7) is 5.85. The van der Waals surface area contributed by atoms with Crippen molar-refractivity contribution in [2.45, 2.75) is 32.5 Å². The van der Waals surface area contributed by atoms with E-state index in [0.29, 0.717) is 12.5 Å². The largest absolute Gasteiger partial charge is 0.380 e. The van der Waals surface area contributed by atoms with Crippen molar-refractivity contribution in [3.8, 4) is 0 Å². The van der Waals surface area contributed by atoms with Crippen LogP contribution in [0.3, 0.4) is 0 Å². The maximum absolute atomic E-state index is 5.97. The van der Waals surface area contributed by atoms with Crippen LogP contribution < -0.4 is 5.32 Å². The Labute approximate surface area is 116 Å². The predicted molar refractivity (Wildman–Crippen MR) is 77.1 cm³/mol. The second-order valence-electron chi connectivity index (χ2n) is 5.18. The van der Waals surface area contributed by atoms with Crippen LogP contribution in [0.2, 0.25) is 0 Å². The summed E-state index contributed by atoms with van der Waals surface area (Å²) >= 11 is 0. The Morgan fingerprint density at radius 1 is 1.37 bits per heavy atom. The van der Waals surface area contributed by atoms with Crippen molar-refractivity contribution in [2.75, 3.05) is 26.8 Å². The smallest absolute Gasteiger partial charge is 0.0869 e. The second kappa shape index (κ2) is 7.63. The lowest BCUT2D eigenvalue weighted by molar-refractivity contribution is 0.0874. The molecule has 2 rings (SSSR count). The summed E-state index contributed by atoms with van der Waals surface area (Å²) in [6, 6.07) is 8.47. The SMILES string of the molecule is CCCNCC1CCOC1c1ccccc1COC. The van der Waals surface area contributed by atoms with E-state index in [0.717, 1.165) is 26.1 Å². The van der Waals surface area contributed by atoms with Crippen LogP contribution in [0.25, 0.3) is 0 Å². The third-order valence-electron chi connectivity index (χ3n) is 3.71. The summed E-state index contributed by atoms with van der Waals surface area (Å²) in [5.41, 5.74) is 2.54. The van der Waals surface area contributed by atoms with E-state index in [1.54, 1.807) is 7.11 Å². The minimum Gasteiger partial charge on any atom is -0.380 e. The van der Waals surface area contributed by atoms with E-state index in [9.17, 15) is 0 Å². The minimum absolute atomic E-state index is 0.218. The van der Waals surface area contributed by atoms with Gasteiger partial charge in [0.05, 0.1) is 12.7 Å². The number of benzene rings is 1. The monoisotopic (exact) mass is 263 g/mol. The van der Waals surface area contributed by atoms with Crippen LogP contribution >= 0.6 is 0 Å². The average molecular weight is 263 g/mol. The first-order chi connectivity index (χ1) is 9.36. The Kier molecular flexibility index (Phi) is 5.83. The molecule has 2 atom stereocenters. The van der Waals surface area contributed by atoms with Crippen LogP contribution in [0.4, 0.5) is 0 Å². The molecule has 0 aliphatic carbocycles. The highest BCUT2D eigenvalue weighted by atomic mass is 16.5. The third kappa shape index (κ3) is 3.78. The molecule has 0 aromatic heterocycles. The second-order valence-corrected chi connectivity index (χ2v) is 5.18. The fraction of sp³-hybridized carbons (Fsp3) is 0.625. The normalized spacial score (nSPS) is 22.8. The van der Waals surface area contributed by atoms with E-state index in [1.807, 2.05) is 0 Å². The first kappa shape index (κ1) is 14.5. The molecule has 1 aromatic rings. The van der Waals surface area contributed by atoms with E-state index in [-0.39, 0.29) is 6.10 Å². The Bertz CT molecular complexity index is 381. The van der Waals surface area contributed by atoms with Gasteiger partial charge in [0, 0.05) is 26.2 Å². The zero-order valence-corrected chi connectivity index (χ0v) is 12.0. The highest BCUT2D eigenvalue weighted by molar-refractivity contribution is 5.29. The summed E-state index contributed by atoms with van der Waals surface area (Å²) in [5.74, 6) is 0.574. The third-order valence-corrected chi connectivity index (χ3v) is 3.71. The van der Waals surface area contributed by atoms with Crippen molar-refractivity contribution in [2.24, 2.45) is 5.92 Å². The molecule has 2 unspecified atom stereocenters. The number of ether oxygens (including phenoxy) is 2. The van der Waals surface area contributed by atoms with E-state index < -0.39 is 0 Å². The Balaban J connectivity index is 2.06. The zero-order valence-electron chi connectivity index (χ0n) is 12.0. The molecule has 1 heterocycles. The number of nitrogens with one attached hydrogen (secondary N) is 1. The molecule has 0 radical (unpaired) electrons. The van der Waals surface area contributed by atoms with Crippen molar-refractivity contribution < 1.29 is 9.47 Å². The van der Waals surface area contributed by atoms with Crippen LogP contribution in [0.15, 0.2) is 24.3 Å². The lowest BCUT2D eigenvalue weighted by atomic mass is 9.92. The standard InChI is InChI=1S/C16H25NO2/c1-3-9-17-11-13-8-10-19-16(13)15-7-5-4-6-14(15)12-18-2/h4-7,13,16-17H,3,8-12H2,1-2H3. The summed E-state index contributed by atoms with van der Waals surface area (Å²) < 4.78 is 11.3. The van der Waals surface area contributed by atoms with E-state index in [1.165, 1.54) is 17.5 Å². The summed E-state index contributed by atoms with van der Waals surface area (Å²) in [7, 11) is 1.74. The first-order valence-corrected chi connectivity index (χ1v) is 7.25. The quantitative estimate of drug-likeness (QED) is 0.767. The van der Waals surface area contributed by atoms with Gasteiger partial charge in [-0.2, -0.15) is 0 Å². The molecule has 3 nitrogen and oxygen atoms in total. The summed E-state index contributed by atoms with van der Waals surface area (Å²) in [4.78, 5) is 0. The molecule has 19 heavy (non-hydrogen) atoms. The van der Waals surface area contributed by atoms with Crippen LogP contribution in [0, 0.1) is 5.92 Å². The molecule has 1 fully saturated rings. The number of methoxy groups -OCH3 is 1.